The normalized spacial score (nSPS) is 10.9. The predicted molar refractivity (Wildman–Crippen MR) is 118 cm³/mol. The van der Waals surface area contributed by atoms with Crippen LogP contribution in [0.15, 0.2) is 48.9 Å². The van der Waals surface area contributed by atoms with Crippen LogP contribution in [0.3, 0.4) is 0 Å². The summed E-state index contributed by atoms with van der Waals surface area (Å²) in [6.07, 6.45) is 3.94. The lowest BCUT2D eigenvalue weighted by Gasteiger charge is -2.22. The maximum atomic E-state index is 12.8. The largest absolute Gasteiger partial charge is 0.352 e. The Kier molecular flexibility index (Phi) is 7.88. The van der Waals surface area contributed by atoms with Crippen molar-refractivity contribution < 1.29 is 18.4 Å². The molecule has 0 saturated carbocycles. The molecule has 1 aromatic carbocycles. The average Bonchev–Trinajstić information content (AvgIpc) is 3.28. The fourth-order valence-corrected chi connectivity index (χ4v) is 3.41. The van der Waals surface area contributed by atoms with E-state index < -0.39 is 18.9 Å². The van der Waals surface area contributed by atoms with Crippen molar-refractivity contribution in [3.63, 3.8) is 0 Å². The minimum Gasteiger partial charge on any atom is -0.352 e. The Bertz CT molecular complexity index is 1060. The monoisotopic (exact) mass is 461 g/mol. The van der Waals surface area contributed by atoms with Gasteiger partial charge in [0.2, 0.25) is 5.91 Å². The minimum absolute atomic E-state index is 0.152. The number of aromatic nitrogens is 3. The smallest absolute Gasteiger partial charge is 0.256 e. The molecule has 0 aliphatic heterocycles. The van der Waals surface area contributed by atoms with Crippen molar-refractivity contribution in [2.75, 3.05) is 18.0 Å². The minimum atomic E-state index is -2.68. The van der Waals surface area contributed by atoms with E-state index in [2.05, 4.69) is 20.5 Å². The third-order valence-electron chi connectivity index (χ3n) is 4.74. The van der Waals surface area contributed by atoms with Crippen molar-refractivity contribution >= 4 is 29.1 Å². The van der Waals surface area contributed by atoms with Gasteiger partial charge in [-0.15, -0.1) is 0 Å². The lowest BCUT2D eigenvalue weighted by atomic mass is 10.1. The molecular weight excluding hydrogens is 440 g/mol. The third-order valence-corrected chi connectivity index (χ3v) is 5.05. The number of hydrogen-bond donors (Lipinski definition) is 2. The SMILES string of the molecule is CC(=O)N(CC(F)F)c1ccc(-c2ccc(C(=O)NCCCc3cn[nH]c3)cn2)cc1Cl. The van der Waals surface area contributed by atoms with Gasteiger partial charge in [0.05, 0.1) is 34.7 Å². The molecule has 0 unspecified atom stereocenters. The number of halogens is 3. The third kappa shape index (κ3) is 6.10. The van der Waals surface area contributed by atoms with Gasteiger partial charge in [-0.2, -0.15) is 5.10 Å². The van der Waals surface area contributed by atoms with Gasteiger partial charge >= 0.3 is 0 Å². The van der Waals surface area contributed by atoms with Crippen LogP contribution in [0, 0.1) is 0 Å². The lowest BCUT2D eigenvalue weighted by molar-refractivity contribution is -0.117. The summed E-state index contributed by atoms with van der Waals surface area (Å²) in [4.78, 5) is 29.3. The lowest BCUT2D eigenvalue weighted by Crippen LogP contribution is -2.33. The predicted octanol–water partition coefficient (Wildman–Crippen LogP) is 4.11. The number of nitrogens with one attached hydrogen (secondary N) is 2. The van der Waals surface area contributed by atoms with E-state index in [-0.39, 0.29) is 16.6 Å². The van der Waals surface area contributed by atoms with Crippen LogP contribution >= 0.6 is 11.6 Å². The maximum Gasteiger partial charge on any atom is 0.256 e. The summed E-state index contributed by atoms with van der Waals surface area (Å²) in [7, 11) is 0. The first kappa shape index (κ1) is 23.3. The highest BCUT2D eigenvalue weighted by atomic mass is 35.5. The Morgan fingerprint density at radius 1 is 1.22 bits per heavy atom. The molecule has 3 rings (SSSR count). The van der Waals surface area contributed by atoms with Gasteiger partial charge in [0.1, 0.15) is 0 Å². The van der Waals surface area contributed by atoms with Crippen LogP contribution in [-0.2, 0) is 11.2 Å². The molecule has 2 heterocycles. The first-order chi connectivity index (χ1) is 15.3. The van der Waals surface area contributed by atoms with E-state index in [1.165, 1.54) is 19.2 Å². The van der Waals surface area contributed by atoms with E-state index in [1.54, 1.807) is 30.5 Å². The number of aromatic amines is 1. The molecule has 0 bridgehead atoms. The number of amides is 2. The highest BCUT2D eigenvalue weighted by Crippen LogP contribution is 2.31. The highest BCUT2D eigenvalue weighted by molar-refractivity contribution is 6.34. The summed E-state index contributed by atoms with van der Waals surface area (Å²) < 4.78 is 25.6. The zero-order valence-electron chi connectivity index (χ0n) is 17.3. The molecule has 0 aliphatic rings. The standard InChI is InChI=1S/C22H22ClF2N5O2/c1-14(31)30(13-21(24)25)20-7-5-16(9-18(20)23)19-6-4-17(12-27-19)22(32)26-8-2-3-15-10-28-29-11-15/h4-7,9-12,21H,2-3,8,13H2,1H3,(H,26,32)(H,28,29). The number of nitrogens with zero attached hydrogens (tertiary/aromatic N) is 3. The van der Waals surface area contributed by atoms with Gasteiger partial charge < -0.3 is 10.2 Å². The molecule has 3 aromatic rings. The first-order valence-corrected chi connectivity index (χ1v) is 10.3. The molecule has 168 valence electrons. The van der Waals surface area contributed by atoms with Crippen LogP contribution in [0.5, 0.6) is 0 Å². The van der Waals surface area contributed by atoms with Crippen LogP contribution < -0.4 is 10.2 Å². The second-order valence-electron chi connectivity index (χ2n) is 7.09. The number of anilines is 1. The van der Waals surface area contributed by atoms with Gasteiger partial charge in [-0.05, 0) is 42.7 Å². The van der Waals surface area contributed by atoms with Crippen molar-refractivity contribution in [3.8, 4) is 11.3 Å². The molecule has 2 aromatic heterocycles. The van der Waals surface area contributed by atoms with Crippen molar-refractivity contribution in [2.45, 2.75) is 26.2 Å². The summed E-state index contributed by atoms with van der Waals surface area (Å²) in [6.45, 7) is 0.988. The van der Waals surface area contributed by atoms with Crippen LogP contribution in [0.1, 0.15) is 29.3 Å². The number of rotatable bonds is 9. The van der Waals surface area contributed by atoms with Crippen LogP contribution in [0.4, 0.5) is 14.5 Å². The molecule has 0 fully saturated rings. The summed E-state index contributed by atoms with van der Waals surface area (Å²) in [6, 6.07) is 8.02. The molecule has 2 N–H and O–H groups in total. The van der Waals surface area contributed by atoms with Gasteiger partial charge in [-0.3, -0.25) is 19.7 Å². The van der Waals surface area contributed by atoms with Crippen LogP contribution in [0.2, 0.25) is 5.02 Å². The summed E-state index contributed by atoms with van der Waals surface area (Å²) in [5, 5.41) is 9.62. The van der Waals surface area contributed by atoms with Gasteiger partial charge in [0.15, 0.2) is 0 Å². The van der Waals surface area contributed by atoms with Gasteiger partial charge in [0.25, 0.3) is 12.3 Å². The molecule has 0 atom stereocenters. The zero-order valence-corrected chi connectivity index (χ0v) is 18.1. The number of carbonyl (C=O) groups excluding carboxylic acids is 2. The summed E-state index contributed by atoms with van der Waals surface area (Å²) >= 11 is 6.25. The Hall–Kier alpha value is -3.33. The number of pyridine rings is 1. The second kappa shape index (κ2) is 10.8. The van der Waals surface area contributed by atoms with Gasteiger partial charge in [-0.25, -0.2) is 8.78 Å². The van der Waals surface area contributed by atoms with E-state index in [0.717, 1.165) is 23.3 Å². The first-order valence-electron chi connectivity index (χ1n) is 9.93. The van der Waals surface area contributed by atoms with Crippen LogP contribution in [0.25, 0.3) is 11.3 Å². The fourth-order valence-electron chi connectivity index (χ4n) is 3.13. The average molecular weight is 462 g/mol. The van der Waals surface area contributed by atoms with Crippen molar-refractivity contribution in [1.29, 1.82) is 0 Å². The van der Waals surface area contributed by atoms with E-state index in [4.69, 9.17) is 11.6 Å². The van der Waals surface area contributed by atoms with Crippen molar-refractivity contribution in [2.24, 2.45) is 0 Å². The number of aryl methyl sites for hydroxylation is 1. The number of alkyl halides is 2. The maximum absolute atomic E-state index is 12.8. The number of H-pyrrole nitrogens is 1. The molecule has 32 heavy (non-hydrogen) atoms. The van der Waals surface area contributed by atoms with Crippen molar-refractivity contribution in [3.05, 3.63) is 65.1 Å². The summed E-state index contributed by atoms with van der Waals surface area (Å²) in [5.74, 6) is -0.757. The molecule has 0 saturated heterocycles. The second-order valence-corrected chi connectivity index (χ2v) is 7.49. The molecule has 7 nitrogen and oxygen atoms in total. The molecule has 0 radical (unpaired) electrons. The van der Waals surface area contributed by atoms with Crippen molar-refractivity contribution in [1.82, 2.24) is 20.5 Å². The molecule has 2 amide bonds. The van der Waals surface area contributed by atoms with Crippen LogP contribution in [-0.4, -0.2) is 46.5 Å². The van der Waals surface area contributed by atoms with E-state index in [0.29, 0.717) is 23.4 Å². The number of benzene rings is 1. The Balaban J connectivity index is 1.63. The Morgan fingerprint density at radius 3 is 2.62 bits per heavy atom. The van der Waals surface area contributed by atoms with E-state index in [9.17, 15) is 18.4 Å². The topological polar surface area (TPSA) is 91.0 Å². The Labute approximate surface area is 188 Å². The fraction of sp³-hybridized carbons (Fsp3) is 0.273. The molecule has 0 aliphatic carbocycles. The number of carbonyl (C=O) groups is 2. The summed E-state index contributed by atoms with van der Waals surface area (Å²) in [5.41, 5.74) is 2.88. The zero-order chi connectivity index (χ0) is 23.1. The van der Waals surface area contributed by atoms with E-state index >= 15 is 0 Å². The van der Waals surface area contributed by atoms with Gasteiger partial charge in [-0.1, -0.05) is 17.7 Å². The molecule has 10 heteroatoms. The molecule has 0 spiro atoms. The number of hydrogen-bond acceptors (Lipinski definition) is 4. The molecular formula is C22H22ClF2N5O2. The Morgan fingerprint density at radius 2 is 2.03 bits per heavy atom. The van der Waals surface area contributed by atoms with Gasteiger partial charge in [0, 0.05) is 31.4 Å². The highest BCUT2D eigenvalue weighted by Gasteiger charge is 2.19. The van der Waals surface area contributed by atoms with E-state index in [1.807, 2.05) is 6.20 Å². The quantitative estimate of drug-likeness (QED) is 0.469.